The second-order valence-corrected chi connectivity index (χ2v) is 10.1. The molecule has 0 saturated heterocycles. The fourth-order valence-electron chi connectivity index (χ4n) is 5.65. The molecule has 0 spiro atoms. The number of methoxy groups -OCH3 is 1. The van der Waals surface area contributed by atoms with E-state index in [0.717, 1.165) is 42.2 Å². The van der Waals surface area contributed by atoms with Crippen LogP contribution in [-0.2, 0) is 22.3 Å². The highest BCUT2D eigenvalue weighted by Gasteiger charge is 2.37. The Balaban J connectivity index is 1.50. The lowest BCUT2D eigenvalue weighted by atomic mass is 9.79. The van der Waals surface area contributed by atoms with Crippen LogP contribution in [0.2, 0.25) is 0 Å². The van der Waals surface area contributed by atoms with Gasteiger partial charge in [0, 0.05) is 30.3 Å². The summed E-state index contributed by atoms with van der Waals surface area (Å²) in [6.07, 6.45) is 9.73. The standard InChI is InChI=1S/C32H33NO4/c1-5-14-35-32-27-18-33-13-12-23-16-29-30(37-19-36-29)17-25(23)31(33)26(24(27)10-11-28(32)34-4)15-21-6-8-22(9-7-21)20(2)3/h5-11,16-18,20,32H,1,12-15,19H2,2-4H3. The molecule has 3 heterocycles. The topological polar surface area (TPSA) is 40.2 Å². The first kappa shape index (κ1) is 23.7. The summed E-state index contributed by atoms with van der Waals surface area (Å²) in [6, 6.07) is 13.4. The van der Waals surface area contributed by atoms with Crippen LogP contribution in [0.1, 0.15) is 42.0 Å². The van der Waals surface area contributed by atoms with Gasteiger partial charge in [-0.05, 0) is 58.4 Å². The molecule has 0 bridgehead atoms. The summed E-state index contributed by atoms with van der Waals surface area (Å²) >= 11 is 0. The summed E-state index contributed by atoms with van der Waals surface area (Å²) in [5, 5.41) is 0. The highest BCUT2D eigenvalue weighted by molar-refractivity contribution is 5.82. The summed E-state index contributed by atoms with van der Waals surface area (Å²) in [7, 11) is 1.70. The smallest absolute Gasteiger partial charge is 0.231 e. The number of nitrogens with zero attached hydrogens (tertiary/aromatic N) is 1. The monoisotopic (exact) mass is 495 g/mol. The Bertz CT molecular complexity index is 1360. The van der Waals surface area contributed by atoms with Crippen LogP contribution < -0.4 is 9.47 Å². The van der Waals surface area contributed by atoms with E-state index in [9.17, 15) is 0 Å². The molecule has 3 aliphatic heterocycles. The summed E-state index contributed by atoms with van der Waals surface area (Å²) in [5.74, 6) is 2.97. The molecule has 5 heteroatoms. The van der Waals surface area contributed by atoms with E-state index in [-0.39, 0.29) is 12.9 Å². The van der Waals surface area contributed by atoms with Gasteiger partial charge in [0.2, 0.25) is 6.79 Å². The van der Waals surface area contributed by atoms with E-state index in [4.69, 9.17) is 18.9 Å². The zero-order valence-corrected chi connectivity index (χ0v) is 21.8. The molecular weight excluding hydrogens is 462 g/mol. The van der Waals surface area contributed by atoms with E-state index >= 15 is 0 Å². The van der Waals surface area contributed by atoms with E-state index in [0.29, 0.717) is 12.5 Å². The van der Waals surface area contributed by atoms with Gasteiger partial charge in [-0.1, -0.05) is 50.3 Å². The van der Waals surface area contributed by atoms with Crippen LogP contribution >= 0.6 is 0 Å². The molecule has 2 aromatic rings. The van der Waals surface area contributed by atoms with Crippen molar-refractivity contribution in [1.29, 1.82) is 0 Å². The number of rotatable bonds is 7. The maximum Gasteiger partial charge on any atom is 0.231 e. The number of allylic oxidation sites excluding steroid dienone is 3. The summed E-state index contributed by atoms with van der Waals surface area (Å²) < 4.78 is 23.5. The molecule has 1 aliphatic carbocycles. The first-order valence-corrected chi connectivity index (χ1v) is 13.0. The first-order chi connectivity index (χ1) is 18.1. The second-order valence-electron chi connectivity index (χ2n) is 10.1. The van der Waals surface area contributed by atoms with Crippen LogP contribution in [0.25, 0.3) is 5.70 Å². The van der Waals surface area contributed by atoms with Gasteiger partial charge in [0.25, 0.3) is 0 Å². The molecule has 0 radical (unpaired) electrons. The molecule has 37 heavy (non-hydrogen) atoms. The minimum atomic E-state index is -0.277. The predicted octanol–water partition coefficient (Wildman–Crippen LogP) is 6.29. The lowest BCUT2D eigenvalue weighted by molar-refractivity contribution is 0.0788. The van der Waals surface area contributed by atoms with Gasteiger partial charge in [-0.3, -0.25) is 0 Å². The average molecular weight is 496 g/mol. The molecule has 0 N–H and O–H groups in total. The predicted molar refractivity (Wildman–Crippen MR) is 145 cm³/mol. The van der Waals surface area contributed by atoms with Gasteiger partial charge in [0.1, 0.15) is 11.9 Å². The molecule has 190 valence electrons. The van der Waals surface area contributed by atoms with Crippen molar-refractivity contribution >= 4 is 5.70 Å². The SMILES string of the molecule is C=CCOC1C(OC)=CC=C2C1=CN1CCc3cc4c(cc3C1=C2Cc1ccc(C(C)C)cc1)OCO4. The molecule has 0 saturated carbocycles. The maximum absolute atomic E-state index is 6.25. The Morgan fingerprint density at radius 2 is 1.89 bits per heavy atom. The van der Waals surface area contributed by atoms with Gasteiger partial charge in [-0.25, -0.2) is 0 Å². The number of benzene rings is 2. The fraction of sp³-hybridized carbons (Fsp3) is 0.312. The van der Waals surface area contributed by atoms with Gasteiger partial charge in [-0.15, -0.1) is 6.58 Å². The van der Waals surface area contributed by atoms with Crippen molar-refractivity contribution in [3.63, 3.8) is 0 Å². The largest absolute Gasteiger partial charge is 0.498 e. The first-order valence-electron chi connectivity index (χ1n) is 13.0. The molecule has 1 atom stereocenters. The van der Waals surface area contributed by atoms with E-state index in [1.54, 1.807) is 13.2 Å². The normalized spacial score (nSPS) is 19.5. The molecule has 4 aliphatic rings. The minimum absolute atomic E-state index is 0.276. The van der Waals surface area contributed by atoms with Crippen molar-refractivity contribution < 1.29 is 18.9 Å². The van der Waals surface area contributed by atoms with E-state index < -0.39 is 0 Å². The average Bonchev–Trinajstić information content (AvgIpc) is 3.37. The molecule has 0 aromatic heterocycles. The van der Waals surface area contributed by atoms with Crippen LogP contribution in [0.4, 0.5) is 0 Å². The number of hydrogen-bond acceptors (Lipinski definition) is 5. The van der Waals surface area contributed by atoms with Crippen LogP contribution in [-0.4, -0.2) is 38.1 Å². The van der Waals surface area contributed by atoms with Crippen molar-refractivity contribution in [2.24, 2.45) is 0 Å². The van der Waals surface area contributed by atoms with Gasteiger partial charge in [0.15, 0.2) is 11.5 Å². The molecule has 0 fully saturated rings. The molecule has 5 nitrogen and oxygen atoms in total. The molecular formula is C32H33NO4. The second kappa shape index (κ2) is 9.64. The van der Waals surface area contributed by atoms with Crippen molar-refractivity contribution in [3.05, 3.63) is 112 Å². The highest BCUT2D eigenvalue weighted by atomic mass is 16.7. The molecule has 1 unspecified atom stereocenters. The van der Waals surface area contributed by atoms with Gasteiger partial charge < -0.3 is 23.8 Å². The number of hydrogen-bond donors (Lipinski definition) is 0. The Kier molecular flexibility index (Phi) is 6.17. The van der Waals surface area contributed by atoms with Crippen LogP contribution in [0.3, 0.4) is 0 Å². The van der Waals surface area contributed by atoms with Crippen LogP contribution in [0.5, 0.6) is 11.5 Å². The fourth-order valence-corrected chi connectivity index (χ4v) is 5.65. The van der Waals surface area contributed by atoms with Crippen molar-refractivity contribution in [3.8, 4) is 11.5 Å². The zero-order chi connectivity index (χ0) is 25.5. The Labute approximate surface area is 219 Å². The molecule has 0 amide bonds. The summed E-state index contributed by atoms with van der Waals surface area (Å²) in [6.45, 7) is 9.92. The lowest BCUT2D eigenvalue weighted by Gasteiger charge is -2.40. The van der Waals surface area contributed by atoms with E-state index in [2.05, 4.69) is 74.0 Å². The van der Waals surface area contributed by atoms with Crippen molar-refractivity contribution in [2.75, 3.05) is 27.1 Å². The quantitative estimate of drug-likeness (QED) is 0.422. The number of ether oxygens (including phenoxy) is 4. The van der Waals surface area contributed by atoms with E-state index in [1.165, 1.54) is 39.1 Å². The lowest BCUT2D eigenvalue weighted by Crippen LogP contribution is -2.34. The highest BCUT2D eigenvalue weighted by Crippen LogP contribution is 2.47. The summed E-state index contributed by atoms with van der Waals surface area (Å²) in [5.41, 5.74) is 9.99. The van der Waals surface area contributed by atoms with Crippen LogP contribution in [0.15, 0.2) is 89.9 Å². The summed E-state index contributed by atoms with van der Waals surface area (Å²) in [4.78, 5) is 2.39. The third kappa shape index (κ3) is 4.17. The van der Waals surface area contributed by atoms with Gasteiger partial charge in [0.05, 0.1) is 19.4 Å². The Morgan fingerprint density at radius 1 is 1.11 bits per heavy atom. The van der Waals surface area contributed by atoms with E-state index in [1.807, 2.05) is 6.08 Å². The maximum atomic E-state index is 6.25. The Hall–Kier alpha value is -3.70. The van der Waals surface area contributed by atoms with Crippen molar-refractivity contribution in [2.45, 2.75) is 38.7 Å². The third-order valence-corrected chi connectivity index (χ3v) is 7.58. The number of fused-ring (bicyclic) bond motifs is 5. The zero-order valence-electron chi connectivity index (χ0n) is 21.8. The van der Waals surface area contributed by atoms with Gasteiger partial charge in [-0.2, -0.15) is 0 Å². The minimum Gasteiger partial charge on any atom is -0.498 e. The third-order valence-electron chi connectivity index (χ3n) is 7.58. The van der Waals surface area contributed by atoms with Crippen LogP contribution in [0, 0.1) is 0 Å². The van der Waals surface area contributed by atoms with Crippen molar-refractivity contribution in [1.82, 2.24) is 4.90 Å². The Morgan fingerprint density at radius 3 is 2.62 bits per heavy atom. The molecule has 6 rings (SSSR count). The van der Waals surface area contributed by atoms with Gasteiger partial charge >= 0.3 is 0 Å². The molecule has 2 aromatic carbocycles.